The van der Waals surface area contributed by atoms with Gasteiger partial charge in [0.25, 0.3) is 5.69 Å². The molecule has 110 valence electrons. The molecule has 0 spiro atoms. The van der Waals surface area contributed by atoms with Gasteiger partial charge in [0.1, 0.15) is 11.6 Å². The Hall–Kier alpha value is -2.34. The molecule has 7 heteroatoms. The van der Waals surface area contributed by atoms with Gasteiger partial charge >= 0.3 is 0 Å². The summed E-state index contributed by atoms with van der Waals surface area (Å²) in [4.78, 5) is 10.3. The SMILES string of the molecule is COc1cc(CNc2cc(Cl)ccc2F)cc([N+](=O)[O-])c1. The highest BCUT2D eigenvalue weighted by atomic mass is 35.5. The van der Waals surface area contributed by atoms with E-state index in [9.17, 15) is 14.5 Å². The predicted molar refractivity (Wildman–Crippen MR) is 78.4 cm³/mol. The van der Waals surface area contributed by atoms with Crippen LogP contribution in [0.1, 0.15) is 5.56 Å². The molecule has 0 aliphatic carbocycles. The van der Waals surface area contributed by atoms with E-state index >= 15 is 0 Å². The van der Waals surface area contributed by atoms with Crippen molar-refractivity contribution in [1.82, 2.24) is 0 Å². The molecular weight excluding hydrogens is 299 g/mol. The van der Waals surface area contributed by atoms with Crippen molar-refractivity contribution in [3.05, 3.63) is 62.9 Å². The van der Waals surface area contributed by atoms with E-state index in [2.05, 4.69) is 5.32 Å². The zero-order valence-corrected chi connectivity index (χ0v) is 11.9. The third-order valence-corrected chi connectivity index (χ3v) is 3.04. The number of nitro benzene ring substituents is 1. The Morgan fingerprint density at radius 2 is 2.10 bits per heavy atom. The van der Waals surface area contributed by atoms with Crippen LogP contribution >= 0.6 is 11.6 Å². The molecule has 0 heterocycles. The summed E-state index contributed by atoms with van der Waals surface area (Å²) >= 11 is 5.80. The third-order valence-electron chi connectivity index (χ3n) is 2.81. The van der Waals surface area contributed by atoms with E-state index in [1.165, 1.54) is 37.4 Å². The monoisotopic (exact) mass is 310 g/mol. The topological polar surface area (TPSA) is 64.4 Å². The third kappa shape index (κ3) is 3.82. The van der Waals surface area contributed by atoms with Crippen molar-refractivity contribution in [3.63, 3.8) is 0 Å². The van der Waals surface area contributed by atoms with Crippen LogP contribution in [-0.4, -0.2) is 12.0 Å². The van der Waals surface area contributed by atoms with Crippen molar-refractivity contribution < 1.29 is 14.1 Å². The van der Waals surface area contributed by atoms with Gasteiger partial charge in [0.15, 0.2) is 0 Å². The maximum Gasteiger partial charge on any atom is 0.273 e. The van der Waals surface area contributed by atoms with Crippen LogP contribution in [0, 0.1) is 15.9 Å². The van der Waals surface area contributed by atoms with Crippen molar-refractivity contribution in [2.75, 3.05) is 12.4 Å². The fourth-order valence-corrected chi connectivity index (χ4v) is 1.97. The summed E-state index contributed by atoms with van der Waals surface area (Å²) in [7, 11) is 1.42. The number of methoxy groups -OCH3 is 1. The summed E-state index contributed by atoms with van der Waals surface area (Å²) in [5, 5.41) is 14.1. The minimum atomic E-state index is -0.508. The average molecular weight is 311 g/mol. The predicted octanol–water partition coefficient (Wildman–Crippen LogP) is 4.01. The molecule has 0 bridgehead atoms. The smallest absolute Gasteiger partial charge is 0.273 e. The molecule has 2 rings (SSSR count). The second-order valence-corrected chi connectivity index (χ2v) is 4.71. The zero-order chi connectivity index (χ0) is 15.4. The molecule has 0 saturated carbocycles. The van der Waals surface area contributed by atoms with Crippen LogP contribution < -0.4 is 10.1 Å². The van der Waals surface area contributed by atoms with Crippen LogP contribution in [0.4, 0.5) is 15.8 Å². The van der Waals surface area contributed by atoms with Gasteiger partial charge in [-0.05, 0) is 29.8 Å². The summed E-state index contributed by atoms with van der Waals surface area (Å²) in [6.07, 6.45) is 0. The van der Waals surface area contributed by atoms with Crippen LogP contribution in [0.2, 0.25) is 5.02 Å². The Kier molecular flexibility index (Phi) is 4.59. The highest BCUT2D eigenvalue weighted by Gasteiger charge is 2.11. The van der Waals surface area contributed by atoms with Gasteiger partial charge in [-0.15, -0.1) is 0 Å². The maximum atomic E-state index is 13.6. The molecule has 0 aliphatic rings. The van der Waals surface area contributed by atoms with Crippen LogP contribution in [0.15, 0.2) is 36.4 Å². The summed E-state index contributed by atoms with van der Waals surface area (Å²) in [5.74, 6) is -0.0793. The van der Waals surface area contributed by atoms with Gasteiger partial charge < -0.3 is 10.1 Å². The number of non-ortho nitro benzene ring substituents is 1. The van der Waals surface area contributed by atoms with E-state index in [1.807, 2.05) is 0 Å². The van der Waals surface area contributed by atoms with Gasteiger partial charge in [0.05, 0.1) is 23.8 Å². The van der Waals surface area contributed by atoms with Crippen LogP contribution in [0.25, 0.3) is 0 Å². The van der Waals surface area contributed by atoms with Gasteiger partial charge in [-0.3, -0.25) is 10.1 Å². The number of hydrogen-bond donors (Lipinski definition) is 1. The van der Waals surface area contributed by atoms with Crippen molar-refractivity contribution in [2.45, 2.75) is 6.54 Å². The number of nitrogens with zero attached hydrogens (tertiary/aromatic N) is 1. The lowest BCUT2D eigenvalue weighted by molar-refractivity contribution is -0.385. The fourth-order valence-electron chi connectivity index (χ4n) is 1.80. The van der Waals surface area contributed by atoms with Gasteiger partial charge in [-0.2, -0.15) is 0 Å². The molecule has 0 saturated heterocycles. The van der Waals surface area contributed by atoms with Crippen LogP contribution in [0.5, 0.6) is 5.75 Å². The lowest BCUT2D eigenvalue weighted by Gasteiger charge is -2.09. The van der Waals surface area contributed by atoms with Crippen molar-refractivity contribution in [2.24, 2.45) is 0 Å². The number of nitrogens with one attached hydrogen (secondary N) is 1. The Bertz CT molecular complexity index is 679. The summed E-state index contributed by atoms with van der Waals surface area (Å²) in [6, 6.07) is 8.51. The number of benzene rings is 2. The number of nitro groups is 1. The first-order chi connectivity index (χ1) is 9.99. The molecule has 0 aliphatic heterocycles. The molecule has 1 N–H and O–H groups in total. The first kappa shape index (κ1) is 15.1. The summed E-state index contributed by atoms with van der Waals surface area (Å²) in [6.45, 7) is 0.204. The van der Waals surface area contributed by atoms with Crippen LogP contribution in [-0.2, 0) is 6.54 Å². The van der Waals surface area contributed by atoms with E-state index in [4.69, 9.17) is 16.3 Å². The maximum absolute atomic E-state index is 13.6. The number of anilines is 1. The van der Waals surface area contributed by atoms with Gasteiger partial charge in [-0.1, -0.05) is 11.6 Å². The molecule has 0 fully saturated rings. The Balaban J connectivity index is 2.21. The van der Waals surface area contributed by atoms with E-state index in [1.54, 1.807) is 6.07 Å². The quantitative estimate of drug-likeness (QED) is 0.669. The van der Waals surface area contributed by atoms with E-state index in [-0.39, 0.29) is 17.9 Å². The Labute approximate surface area is 125 Å². The molecular formula is C14H12ClFN2O3. The molecule has 0 atom stereocenters. The highest BCUT2D eigenvalue weighted by molar-refractivity contribution is 6.30. The molecule has 2 aromatic rings. The molecule has 0 unspecified atom stereocenters. The first-order valence-electron chi connectivity index (χ1n) is 6.01. The number of ether oxygens (including phenoxy) is 1. The van der Waals surface area contributed by atoms with Crippen molar-refractivity contribution >= 4 is 23.0 Å². The second-order valence-electron chi connectivity index (χ2n) is 4.27. The second kappa shape index (κ2) is 6.41. The fraction of sp³-hybridized carbons (Fsp3) is 0.143. The average Bonchev–Trinajstić information content (AvgIpc) is 2.47. The van der Waals surface area contributed by atoms with Crippen molar-refractivity contribution in [3.8, 4) is 5.75 Å². The van der Waals surface area contributed by atoms with Gasteiger partial charge in [0.2, 0.25) is 0 Å². The Morgan fingerprint density at radius 3 is 2.76 bits per heavy atom. The molecule has 2 aromatic carbocycles. The molecule has 5 nitrogen and oxygen atoms in total. The summed E-state index contributed by atoms with van der Waals surface area (Å²) in [5.41, 5.74) is 0.742. The first-order valence-corrected chi connectivity index (χ1v) is 6.38. The normalized spacial score (nSPS) is 10.2. The largest absolute Gasteiger partial charge is 0.496 e. The van der Waals surface area contributed by atoms with Crippen molar-refractivity contribution in [1.29, 1.82) is 0 Å². The standard InChI is InChI=1S/C14H12ClFN2O3/c1-21-12-5-9(4-11(7-12)18(19)20)8-17-14-6-10(15)2-3-13(14)16/h2-7,17H,8H2,1H3. The van der Waals surface area contributed by atoms with E-state index < -0.39 is 10.7 Å². The number of rotatable bonds is 5. The summed E-state index contributed by atoms with van der Waals surface area (Å²) < 4.78 is 18.6. The van der Waals surface area contributed by atoms with Crippen LogP contribution in [0.3, 0.4) is 0 Å². The molecule has 0 aromatic heterocycles. The Morgan fingerprint density at radius 1 is 1.33 bits per heavy atom. The van der Waals surface area contributed by atoms with E-state index in [0.29, 0.717) is 16.3 Å². The molecule has 0 radical (unpaired) electrons. The lowest BCUT2D eigenvalue weighted by atomic mass is 10.2. The minimum absolute atomic E-state index is 0.0854. The van der Waals surface area contributed by atoms with Gasteiger partial charge in [0, 0.05) is 17.6 Å². The number of hydrogen-bond acceptors (Lipinski definition) is 4. The zero-order valence-electron chi connectivity index (χ0n) is 11.1. The molecule has 0 amide bonds. The van der Waals surface area contributed by atoms with E-state index in [0.717, 1.165) is 0 Å². The minimum Gasteiger partial charge on any atom is -0.496 e. The lowest BCUT2D eigenvalue weighted by Crippen LogP contribution is -2.02. The number of halogens is 2. The van der Waals surface area contributed by atoms with Gasteiger partial charge in [-0.25, -0.2) is 4.39 Å². The molecule has 21 heavy (non-hydrogen) atoms. The highest BCUT2D eigenvalue weighted by Crippen LogP contribution is 2.24.